The maximum atomic E-state index is 10.8. The van der Waals surface area contributed by atoms with Gasteiger partial charge in [0.15, 0.2) is 11.5 Å². The van der Waals surface area contributed by atoms with Crippen molar-refractivity contribution in [2.45, 2.75) is 34.1 Å². The first kappa shape index (κ1) is 16.3. The Bertz CT molecular complexity index is 438. The molecule has 0 heterocycles. The molecule has 0 amide bonds. The summed E-state index contributed by atoms with van der Waals surface area (Å²) in [5.74, 6) is 1.27. The van der Waals surface area contributed by atoms with Gasteiger partial charge in [0.1, 0.15) is 0 Å². The van der Waals surface area contributed by atoms with Crippen molar-refractivity contribution >= 4 is 5.97 Å². The van der Waals surface area contributed by atoms with Crippen LogP contribution in [0.15, 0.2) is 18.2 Å². The standard InChI is InChI=1S/C16H24O4/c1-11(2)9-19-14-6-5-13(8-16(17)18)7-15(14)20-10-12(3)4/h5-7,11-12H,8-10H2,1-4H3,(H,17,18). The van der Waals surface area contributed by atoms with Crippen LogP contribution in [-0.2, 0) is 11.2 Å². The summed E-state index contributed by atoms with van der Waals surface area (Å²) in [6.45, 7) is 9.47. The van der Waals surface area contributed by atoms with Gasteiger partial charge in [0.2, 0.25) is 0 Å². The van der Waals surface area contributed by atoms with E-state index in [2.05, 4.69) is 27.7 Å². The Kier molecular flexibility index (Phi) is 6.36. The summed E-state index contributed by atoms with van der Waals surface area (Å²) < 4.78 is 11.5. The van der Waals surface area contributed by atoms with Crippen LogP contribution in [0.25, 0.3) is 0 Å². The first-order chi connectivity index (χ1) is 9.38. The molecule has 0 unspecified atom stereocenters. The number of benzene rings is 1. The summed E-state index contributed by atoms with van der Waals surface area (Å²) in [5, 5.41) is 8.85. The predicted octanol–water partition coefficient (Wildman–Crippen LogP) is 3.38. The molecule has 0 fully saturated rings. The van der Waals surface area contributed by atoms with Gasteiger partial charge in [-0.2, -0.15) is 0 Å². The Labute approximate surface area is 120 Å². The number of carboxylic acid groups (broad SMARTS) is 1. The lowest BCUT2D eigenvalue weighted by molar-refractivity contribution is -0.136. The van der Waals surface area contributed by atoms with Gasteiger partial charge in [-0.1, -0.05) is 33.8 Å². The largest absolute Gasteiger partial charge is 0.489 e. The highest BCUT2D eigenvalue weighted by atomic mass is 16.5. The van der Waals surface area contributed by atoms with E-state index >= 15 is 0 Å². The third-order valence-electron chi connectivity index (χ3n) is 2.51. The van der Waals surface area contributed by atoms with E-state index in [0.29, 0.717) is 42.1 Å². The highest BCUT2D eigenvalue weighted by Crippen LogP contribution is 2.29. The molecule has 0 saturated carbocycles. The minimum atomic E-state index is -0.851. The van der Waals surface area contributed by atoms with Crippen LogP contribution in [0.5, 0.6) is 11.5 Å². The molecule has 112 valence electrons. The van der Waals surface area contributed by atoms with Crippen LogP contribution < -0.4 is 9.47 Å². The molecular formula is C16H24O4. The van der Waals surface area contributed by atoms with Crippen LogP contribution in [0.1, 0.15) is 33.3 Å². The Morgan fingerprint density at radius 2 is 1.60 bits per heavy atom. The van der Waals surface area contributed by atoms with E-state index in [0.717, 1.165) is 0 Å². The Morgan fingerprint density at radius 1 is 1.05 bits per heavy atom. The lowest BCUT2D eigenvalue weighted by atomic mass is 10.1. The van der Waals surface area contributed by atoms with Crippen LogP contribution in [0, 0.1) is 11.8 Å². The van der Waals surface area contributed by atoms with Gasteiger partial charge >= 0.3 is 5.97 Å². The highest BCUT2D eigenvalue weighted by molar-refractivity contribution is 5.70. The number of carboxylic acids is 1. The van der Waals surface area contributed by atoms with Crippen molar-refractivity contribution in [3.05, 3.63) is 23.8 Å². The van der Waals surface area contributed by atoms with Crippen molar-refractivity contribution in [1.29, 1.82) is 0 Å². The molecule has 0 bridgehead atoms. The SMILES string of the molecule is CC(C)COc1ccc(CC(=O)O)cc1OCC(C)C. The zero-order valence-electron chi connectivity index (χ0n) is 12.7. The van der Waals surface area contributed by atoms with Gasteiger partial charge in [-0.25, -0.2) is 0 Å². The minimum Gasteiger partial charge on any atom is -0.489 e. The van der Waals surface area contributed by atoms with Crippen molar-refractivity contribution in [3.63, 3.8) is 0 Å². The molecule has 1 aromatic carbocycles. The molecule has 0 atom stereocenters. The van der Waals surface area contributed by atoms with Crippen LogP contribution in [-0.4, -0.2) is 24.3 Å². The van der Waals surface area contributed by atoms with Crippen LogP contribution >= 0.6 is 0 Å². The van der Waals surface area contributed by atoms with E-state index in [9.17, 15) is 4.79 Å². The molecule has 0 radical (unpaired) electrons. The monoisotopic (exact) mass is 280 g/mol. The third kappa shape index (κ3) is 5.95. The van der Waals surface area contributed by atoms with E-state index in [1.165, 1.54) is 0 Å². The molecule has 20 heavy (non-hydrogen) atoms. The number of aliphatic carboxylic acids is 1. The second-order valence-corrected chi connectivity index (χ2v) is 5.76. The van der Waals surface area contributed by atoms with E-state index in [1.807, 2.05) is 0 Å². The first-order valence-electron chi connectivity index (χ1n) is 6.98. The Hall–Kier alpha value is -1.71. The lowest BCUT2D eigenvalue weighted by Crippen LogP contribution is -2.09. The van der Waals surface area contributed by atoms with E-state index < -0.39 is 5.97 Å². The van der Waals surface area contributed by atoms with Gasteiger partial charge < -0.3 is 14.6 Å². The van der Waals surface area contributed by atoms with Crippen LogP contribution in [0.2, 0.25) is 0 Å². The first-order valence-corrected chi connectivity index (χ1v) is 6.98. The van der Waals surface area contributed by atoms with Gasteiger partial charge in [0.05, 0.1) is 19.6 Å². The number of hydrogen-bond acceptors (Lipinski definition) is 3. The third-order valence-corrected chi connectivity index (χ3v) is 2.51. The number of hydrogen-bond donors (Lipinski definition) is 1. The lowest BCUT2D eigenvalue weighted by Gasteiger charge is -2.16. The molecule has 0 saturated heterocycles. The van der Waals surface area contributed by atoms with E-state index in [-0.39, 0.29) is 6.42 Å². The van der Waals surface area contributed by atoms with Crippen LogP contribution in [0.4, 0.5) is 0 Å². The number of carbonyl (C=O) groups is 1. The number of rotatable bonds is 8. The Morgan fingerprint density at radius 3 is 2.10 bits per heavy atom. The van der Waals surface area contributed by atoms with Gasteiger partial charge in [-0.05, 0) is 29.5 Å². The predicted molar refractivity (Wildman–Crippen MR) is 78.4 cm³/mol. The topological polar surface area (TPSA) is 55.8 Å². The second kappa shape index (κ2) is 7.78. The summed E-state index contributed by atoms with van der Waals surface area (Å²) in [6.07, 6.45) is -0.0114. The average Bonchev–Trinajstić information content (AvgIpc) is 2.34. The minimum absolute atomic E-state index is 0.0114. The number of ether oxygens (including phenoxy) is 2. The van der Waals surface area contributed by atoms with Gasteiger partial charge in [0.25, 0.3) is 0 Å². The molecule has 0 aromatic heterocycles. The van der Waals surface area contributed by atoms with Crippen molar-refractivity contribution in [2.24, 2.45) is 11.8 Å². The zero-order chi connectivity index (χ0) is 15.1. The maximum Gasteiger partial charge on any atom is 0.307 e. The van der Waals surface area contributed by atoms with Crippen molar-refractivity contribution in [1.82, 2.24) is 0 Å². The van der Waals surface area contributed by atoms with Crippen molar-refractivity contribution < 1.29 is 19.4 Å². The molecule has 0 aliphatic rings. The summed E-state index contributed by atoms with van der Waals surface area (Å²) in [7, 11) is 0. The Balaban J connectivity index is 2.87. The van der Waals surface area contributed by atoms with Crippen molar-refractivity contribution in [3.8, 4) is 11.5 Å². The normalized spacial score (nSPS) is 10.9. The molecule has 4 heteroatoms. The molecular weight excluding hydrogens is 256 g/mol. The summed E-state index contributed by atoms with van der Waals surface area (Å²) in [5.41, 5.74) is 0.716. The quantitative estimate of drug-likeness (QED) is 0.793. The highest BCUT2D eigenvalue weighted by Gasteiger charge is 2.10. The summed E-state index contributed by atoms with van der Waals surface area (Å²) in [6, 6.07) is 5.31. The summed E-state index contributed by atoms with van der Waals surface area (Å²) >= 11 is 0. The van der Waals surface area contributed by atoms with E-state index in [1.54, 1.807) is 18.2 Å². The molecule has 0 aliphatic carbocycles. The fourth-order valence-corrected chi connectivity index (χ4v) is 1.58. The zero-order valence-corrected chi connectivity index (χ0v) is 12.7. The molecule has 0 aliphatic heterocycles. The average molecular weight is 280 g/mol. The molecule has 0 spiro atoms. The molecule has 1 N–H and O–H groups in total. The van der Waals surface area contributed by atoms with Gasteiger partial charge in [0, 0.05) is 0 Å². The fourth-order valence-electron chi connectivity index (χ4n) is 1.58. The smallest absolute Gasteiger partial charge is 0.307 e. The van der Waals surface area contributed by atoms with Gasteiger partial charge in [-0.3, -0.25) is 4.79 Å². The van der Waals surface area contributed by atoms with E-state index in [4.69, 9.17) is 14.6 Å². The second-order valence-electron chi connectivity index (χ2n) is 5.76. The molecule has 4 nitrogen and oxygen atoms in total. The van der Waals surface area contributed by atoms with Crippen LogP contribution in [0.3, 0.4) is 0 Å². The van der Waals surface area contributed by atoms with Crippen molar-refractivity contribution in [2.75, 3.05) is 13.2 Å². The summed E-state index contributed by atoms with van der Waals surface area (Å²) in [4.78, 5) is 10.8. The fraction of sp³-hybridized carbons (Fsp3) is 0.562. The maximum absolute atomic E-state index is 10.8. The molecule has 1 rings (SSSR count). The molecule has 1 aromatic rings. The van der Waals surface area contributed by atoms with Gasteiger partial charge in [-0.15, -0.1) is 0 Å².